The zero-order valence-electron chi connectivity index (χ0n) is 20.4. The molecule has 0 spiro atoms. The Labute approximate surface area is 205 Å². The zero-order valence-corrected chi connectivity index (χ0v) is 20.4. The lowest BCUT2D eigenvalue weighted by molar-refractivity contribution is 0.0749. The molecule has 3 aromatic rings. The maximum atomic E-state index is 13.3. The molecule has 0 saturated carbocycles. The Morgan fingerprint density at radius 2 is 1.71 bits per heavy atom. The third kappa shape index (κ3) is 4.72. The van der Waals surface area contributed by atoms with Crippen LogP contribution in [0.15, 0.2) is 48.5 Å². The molecule has 9 heteroatoms. The molecule has 2 aliphatic heterocycles. The Kier molecular flexibility index (Phi) is 6.17. The Bertz CT molecular complexity index is 1230. The van der Waals surface area contributed by atoms with Gasteiger partial charge in [0.15, 0.2) is 5.82 Å². The molecule has 0 radical (unpaired) electrons. The number of fused-ring (bicyclic) bond motifs is 1. The molecule has 35 heavy (non-hydrogen) atoms. The van der Waals surface area contributed by atoms with E-state index >= 15 is 0 Å². The van der Waals surface area contributed by atoms with Gasteiger partial charge in [-0.2, -0.15) is 5.10 Å². The highest BCUT2D eigenvalue weighted by Crippen LogP contribution is 2.29. The van der Waals surface area contributed by atoms with E-state index in [0.29, 0.717) is 30.0 Å². The third-order valence-electron chi connectivity index (χ3n) is 6.78. The van der Waals surface area contributed by atoms with Crippen molar-refractivity contribution in [3.63, 3.8) is 0 Å². The van der Waals surface area contributed by atoms with Crippen molar-refractivity contribution < 1.29 is 9.59 Å². The molecule has 5 rings (SSSR count). The summed E-state index contributed by atoms with van der Waals surface area (Å²) in [7, 11) is 6.04. The molecule has 1 fully saturated rings. The van der Waals surface area contributed by atoms with Gasteiger partial charge in [-0.25, -0.2) is 0 Å². The van der Waals surface area contributed by atoms with Gasteiger partial charge in [0.1, 0.15) is 0 Å². The summed E-state index contributed by atoms with van der Waals surface area (Å²) in [4.78, 5) is 34.5. The van der Waals surface area contributed by atoms with E-state index in [1.807, 2.05) is 49.3 Å². The maximum absolute atomic E-state index is 13.3. The third-order valence-corrected chi connectivity index (χ3v) is 6.78. The van der Waals surface area contributed by atoms with Gasteiger partial charge in [-0.3, -0.25) is 14.7 Å². The van der Waals surface area contributed by atoms with Crippen molar-refractivity contribution in [3.8, 4) is 0 Å². The lowest BCUT2D eigenvalue weighted by Gasteiger charge is -2.34. The first kappa shape index (κ1) is 22.9. The van der Waals surface area contributed by atoms with Crippen LogP contribution in [0, 0.1) is 0 Å². The first-order valence-corrected chi connectivity index (χ1v) is 11.9. The van der Waals surface area contributed by atoms with E-state index in [1.165, 1.54) is 0 Å². The van der Waals surface area contributed by atoms with Crippen LogP contribution in [-0.2, 0) is 13.1 Å². The molecule has 182 valence electrons. The highest BCUT2D eigenvalue weighted by Gasteiger charge is 2.30. The minimum absolute atomic E-state index is 0.0258. The molecule has 2 aliphatic rings. The number of nitrogens with one attached hydrogen (secondary N) is 2. The number of rotatable bonds is 5. The molecule has 2 aromatic carbocycles. The van der Waals surface area contributed by atoms with E-state index in [2.05, 4.69) is 38.4 Å². The molecule has 0 atom stereocenters. The number of hydrogen-bond donors (Lipinski definition) is 2. The van der Waals surface area contributed by atoms with Gasteiger partial charge < -0.3 is 24.9 Å². The molecular formula is C26H31N7O2. The molecule has 2 N–H and O–H groups in total. The van der Waals surface area contributed by atoms with E-state index in [9.17, 15) is 9.59 Å². The number of amides is 2. The number of aromatic nitrogens is 2. The number of hydrogen-bond acceptors (Lipinski definition) is 6. The quantitative estimate of drug-likeness (QED) is 0.593. The number of benzene rings is 2. The molecule has 1 saturated heterocycles. The number of anilines is 3. The van der Waals surface area contributed by atoms with Crippen LogP contribution in [0.4, 0.5) is 17.2 Å². The van der Waals surface area contributed by atoms with Crippen molar-refractivity contribution in [2.45, 2.75) is 13.1 Å². The molecule has 0 unspecified atom stereocenters. The van der Waals surface area contributed by atoms with Gasteiger partial charge >= 0.3 is 0 Å². The summed E-state index contributed by atoms with van der Waals surface area (Å²) >= 11 is 0. The number of aromatic amines is 1. The van der Waals surface area contributed by atoms with E-state index in [-0.39, 0.29) is 11.8 Å². The Balaban J connectivity index is 1.26. The van der Waals surface area contributed by atoms with Crippen LogP contribution in [0.2, 0.25) is 0 Å². The first-order valence-electron chi connectivity index (χ1n) is 11.9. The number of carbonyl (C=O) groups excluding carboxylic acids is 2. The Hall–Kier alpha value is -3.85. The minimum Gasteiger partial charge on any atom is -0.378 e. The van der Waals surface area contributed by atoms with Crippen molar-refractivity contribution >= 4 is 29.0 Å². The second kappa shape index (κ2) is 9.42. The van der Waals surface area contributed by atoms with Crippen molar-refractivity contribution in [2.24, 2.45) is 0 Å². The summed E-state index contributed by atoms with van der Waals surface area (Å²) in [6.07, 6.45) is 0. The maximum Gasteiger partial charge on any atom is 0.256 e. The van der Waals surface area contributed by atoms with E-state index in [1.54, 1.807) is 17.0 Å². The normalized spacial score (nSPS) is 15.7. The second-order valence-corrected chi connectivity index (χ2v) is 9.43. The largest absolute Gasteiger partial charge is 0.378 e. The predicted octanol–water partition coefficient (Wildman–Crippen LogP) is 2.64. The van der Waals surface area contributed by atoms with Gasteiger partial charge in [0.25, 0.3) is 11.8 Å². The summed E-state index contributed by atoms with van der Waals surface area (Å²) in [5.74, 6) is 0.222. The fourth-order valence-corrected chi connectivity index (χ4v) is 4.56. The van der Waals surface area contributed by atoms with Crippen molar-refractivity contribution in [2.75, 3.05) is 62.4 Å². The van der Waals surface area contributed by atoms with Crippen molar-refractivity contribution in [1.82, 2.24) is 20.0 Å². The van der Waals surface area contributed by atoms with E-state index in [4.69, 9.17) is 0 Å². The van der Waals surface area contributed by atoms with Crippen LogP contribution < -0.4 is 15.1 Å². The molecular weight excluding hydrogens is 442 g/mol. The zero-order chi connectivity index (χ0) is 24.5. The van der Waals surface area contributed by atoms with Crippen LogP contribution >= 0.6 is 0 Å². The Morgan fingerprint density at radius 3 is 2.43 bits per heavy atom. The molecule has 2 amide bonds. The monoisotopic (exact) mass is 473 g/mol. The van der Waals surface area contributed by atoms with Crippen LogP contribution in [0.1, 0.15) is 32.0 Å². The van der Waals surface area contributed by atoms with Gasteiger partial charge in [-0.15, -0.1) is 0 Å². The van der Waals surface area contributed by atoms with Crippen LogP contribution in [0.25, 0.3) is 0 Å². The number of H-pyrrole nitrogens is 1. The number of carbonyl (C=O) groups is 2. The number of likely N-dealkylation sites (N-methyl/N-ethyl adjacent to an activating group) is 1. The lowest BCUT2D eigenvalue weighted by Crippen LogP contribution is -2.44. The fraction of sp³-hybridized carbons (Fsp3) is 0.346. The summed E-state index contributed by atoms with van der Waals surface area (Å²) in [5.41, 5.74) is 5.04. The Morgan fingerprint density at radius 1 is 0.971 bits per heavy atom. The summed E-state index contributed by atoms with van der Waals surface area (Å²) in [6, 6.07) is 15.3. The van der Waals surface area contributed by atoms with E-state index in [0.717, 1.165) is 48.8 Å². The number of piperazine rings is 1. The lowest BCUT2D eigenvalue weighted by atomic mass is 10.1. The summed E-state index contributed by atoms with van der Waals surface area (Å²) in [6.45, 7) is 4.77. The van der Waals surface area contributed by atoms with Gasteiger partial charge in [-0.05, 0) is 49.5 Å². The number of nitrogens with zero attached hydrogens (tertiary/aromatic N) is 5. The fourth-order valence-electron chi connectivity index (χ4n) is 4.56. The first-order chi connectivity index (χ1) is 16.9. The summed E-state index contributed by atoms with van der Waals surface area (Å²) in [5, 5.41) is 10.2. The average molecular weight is 474 g/mol. The molecule has 1 aromatic heterocycles. The van der Waals surface area contributed by atoms with Gasteiger partial charge in [0.05, 0.1) is 18.8 Å². The second-order valence-electron chi connectivity index (χ2n) is 9.43. The van der Waals surface area contributed by atoms with Crippen LogP contribution in [0.3, 0.4) is 0 Å². The highest BCUT2D eigenvalue weighted by molar-refractivity contribution is 6.04. The standard InChI is InChI=1S/C26H31N7O2/c1-30(2)20-9-7-18(8-10-20)25(34)27-24-22-16-33(17-23(22)28-29-24)26(35)19-5-4-6-21(15-19)32-13-11-31(3)12-14-32/h4-10,15H,11-14,16-17H2,1-3H3,(H2,27,28,29,34). The van der Waals surface area contributed by atoms with Crippen molar-refractivity contribution in [3.05, 3.63) is 70.9 Å². The van der Waals surface area contributed by atoms with E-state index < -0.39 is 0 Å². The minimum atomic E-state index is -0.228. The molecule has 9 nitrogen and oxygen atoms in total. The van der Waals surface area contributed by atoms with Gasteiger partial charge in [0, 0.05) is 68.3 Å². The molecule has 0 aliphatic carbocycles. The van der Waals surface area contributed by atoms with Crippen molar-refractivity contribution in [1.29, 1.82) is 0 Å². The van der Waals surface area contributed by atoms with Crippen LogP contribution in [0.5, 0.6) is 0 Å². The highest BCUT2D eigenvalue weighted by atomic mass is 16.2. The summed E-state index contributed by atoms with van der Waals surface area (Å²) < 4.78 is 0. The smallest absolute Gasteiger partial charge is 0.256 e. The topological polar surface area (TPSA) is 87.8 Å². The van der Waals surface area contributed by atoms with Gasteiger partial charge in [0.2, 0.25) is 0 Å². The predicted molar refractivity (Wildman–Crippen MR) is 137 cm³/mol. The molecule has 3 heterocycles. The SMILES string of the molecule is CN1CCN(c2cccc(C(=O)N3Cc4[nH]nc(NC(=O)c5ccc(N(C)C)cc5)c4C3)c2)CC1. The molecule has 0 bridgehead atoms. The van der Waals surface area contributed by atoms with Crippen LogP contribution in [-0.4, -0.2) is 79.1 Å². The van der Waals surface area contributed by atoms with Gasteiger partial charge in [-0.1, -0.05) is 6.07 Å². The average Bonchev–Trinajstić information content (AvgIpc) is 3.46.